The summed E-state index contributed by atoms with van der Waals surface area (Å²) in [4.78, 5) is 0. The van der Waals surface area contributed by atoms with E-state index in [4.69, 9.17) is 0 Å². The number of hydrogen-bond acceptors (Lipinski definition) is 2. The van der Waals surface area contributed by atoms with Crippen LogP contribution in [0.1, 0.15) is 36.1 Å². The van der Waals surface area contributed by atoms with Gasteiger partial charge in [0.25, 0.3) is 0 Å². The lowest BCUT2D eigenvalue weighted by Crippen LogP contribution is -1.96. The van der Waals surface area contributed by atoms with Gasteiger partial charge in [-0.1, -0.05) is 123 Å². The maximum atomic E-state index is 9.39. The smallest absolute Gasteiger partial charge is 0.0991 e. The van der Waals surface area contributed by atoms with Gasteiger partial charge in [-0.15, -0.1) is 0 Å². The van der Waals surface area contributed by atoms with Gasteiger partial charge < -0.3 is 0 Å². The largest absolute Gasteiger partial charge is 0.193 e. The van der Waals surface area contributed by atoms with Crippen LogP contribution >= 0.6 is 0 Å². The van der Waals surface area contributed by atoms with Crippen LogP contribution in [-0.4, -0.2) is 0 Å². The Balaban J connectivity index is 1.97. The second-order valence-corrected chi connectivity index (χ2v) is 9.33. The van der Waals surface area contributed by atoms with Gasteiger partial charge in [-0.3, -0.25) is 0 Å². The number of fused-ring (bicyclic) bond motifs is 1. The molecule has 192 valence electrons. The molecule has 0 aliphatic rings. The maximum Gasteiger partial charge on any atom is 0.0991 e. The van der Waals surface area contributed by atoms with Crippen molar-refractivity contribution >= 4 is 34.1 Å². The van der Waals surface area contributed by atoms with E-state index < -0.39 is 0 Å². The number of rotatable bonds is 8. The fourth-order valence-corrected chi connectivity index (χ4v) is 5.28. The molecule has 0 fully saturated rings. The van der Waals surface area contributed by atoms with Gasteiger partial charge in [-0.2, -0.15) is 10.5 Å². The van der Waals surface area contributed by atoms with Crippen molar-refractivity contribution in [3.05, 3.63) is 145 Å². The second kappa shape index (κ2) is 12.0. The zero-order chi connectivity index (χ0) is 28.8. The summed E-state index contributed by atoms with van der Waals surface area (Å²) < 4.78 is 0. The molecule has 4 aromatic rings. The summed E-state index contributed by atoms with van der Waals surface area (Å²) in [5.41, 5.74) is 10.9. The van der Waals surface area contributed by atoms with Gasteiger partial charge in [0.1, 0.15) is 0 Å². The average molecular weight is 515 g/mol. The highest BCUT2D eigenvalue weighted by molar-refractivity contribution is 6.11. The van der Waals surface area contributed by atoms with E-state index in [0.717, 1.165) is 66.4 Å². The van der Waals surface area contributed by atoms with Gasteiger partial charge in [-0.25, -0.2) is 0 Å². The molecule has 0 aliphatic carbocycles. The lowest BCUT2D eigenvalue weighted by molar-refractivity contribution is 1.44. The Morgan fingerprint density at radius 3 is 1.55 bits per heavy atom. The van der Waals surface area contributed by atoms with Crippen LogP contribution in [0.25, 0.3) is 56.3 Å². The highest BCUT2D eigenvalue weighted by atomic mass is 14.3. The number of allylic oxidation sites excluding steroid dienone is 6. The van der Waals surface area contributed by atoms with Crippen LogP contribution in [0.3, 0.4) is 0 Å². The minimum atomic E-state index is 0.440. The van der Waals surface area contributed by atoms with E-state index in [9.17, 15) is 10.5 Å². The van der Waals surface area contributed by atoms with Crippen LogP contribution in [0.4, 0.5) is 0 Å². The molecule has 4 aromatic carbocycles. The van der Waals surface area contributed by atoms with Crippen LogP contribution in [0.5, 0.6) is 0 Å². The normalized spacial score (nSPS) is 11.7. The Hall–Kier alpha value is -5.44. The van der Waals surface area contributed by atoms with Crippen molar-refractivity contribution in [2.45, 2.75) is 13.8 Å². The summed E-state index contributed by atoms with van der Waals surface area (Å²) in [7, 11) is 0. The van der Waals surface area contributed by atoms with E-state index in [-0.39, 0.29) is 0 Å². The van der Waals surface area contributed by atoms with Crippen molar-refractivity contribution in [3.8, 4) is 34.4 Å². The third-order valence-electron chi connectivity index (χ3n) is 7.20. The molecule has 0 N–H and O–H groups in total. The van der Waals surface area contributed by atoms with Crippen molar-refractivity contribution in [1.29, 1.82) is 10.5 Å². The molecule has 0 aromatic heterocycles. The summed E-state index contributed by atoms with van der Waals surface area (Å²) in [6.07, 6.45) is 7.43. The molecule has 0 radical (unpaired) electrons. The first-order chi connectivity index (χ1) is 19.4. The number of nitriles is 2. The Morgan fingerprint density at radius 1 is 0.700 bits per heavy atom. The first-order valence-electron chi connectivity index (χ1n) is 13.0. The van der Waals surface area contributed by atoms with Crippen molar-refractivity contribution in [1.82, 2.24) is 0 Å². The van der Waals surface area contributed by atoms with Crippen LogP contribution < -0.4 is 0 Å². The minimum Gasteiger partial charge on any atom is -0.193 e. The maximum absolute atomic E-state index is 9.39. The molecule has 0 heterocycles. The van der Waals surface area contributed by atoms with E-state index >= 15 is 0 Å². The minimum absolute atomic E-state index is 0.440. The fourth-order valence-electron chi connectivity index (χ4n) is 5.28. The molecule has 0 aliphatic heterocycles. The number of nitrogens with zero attached hydrogens (tertiary/aromatic N) is 2. The van der Waals surface area contributed by atoms with Crippen molar-refractivity contribution in [2.24, 2.45) is 0 Å². The summed E-state index contributed by atoms with van der Waals surface area (Å²) in [6, 6.07) is 29.2. The molecule has 0 spiro atoms. The summed E-state index contributed by atoms with van der Waals surface area (Å²) in [5.74, 6) is 0. The molecular weight excluding hydrogens is 484 g/mol. The number of benzene rings is 4. The molecule has 0 saturated carbocycles. The van der Waals surface area contributed by atoms with Gasteiger partial charge in [0.05, 0.1) is 17.7 Å². The third-order valence-corrected chi connectivity index (χ3v) is 7.20. The zero-order valence-electron chi connectivity index (χ0n) is 23.0. The van der Waals surface area contributed by atoms with E-state index in [1.807, 2.05) is 61.5 Å². The molecule has 0 amide bonds. The van der Waals surface area contributed by atoms with Gasteiger partial charge in [-0.05, 0) is 80.3 Å². The fraction of sp³-hybridized carbons (Fsp3) is 0.0526. The van der Waals surface area contributed by atoms with E-state index in [1.54, 1.807) is 13.0 Å². The lowest BCUT2D eigenvalue weighted by atomic mass is 9.83. The molecule has 0 atom stereocenters. The lowest BCUT2D eigenvalue weighted by Gasteiger charge is -2.20. The SMILES string of the molecule is C=C/C(=C(\C)C#N)c1ccc(-c2c(C=C)c(C=C)c(-c3ccc(/C(=C/C)C(=C)C#N)cc3)c3ccccc23)cc1. The molecule has 2 nitrogen and oxygen atoms in total. The van der Waals surface area contributed by atoms with Gasteiger partial charge in [0.15, 0.2) is 0 Å². The summed E-state index contributed by atoms with van der Waals surface area (Å²) in [5, 5.41) is 21.0. The van der Waals surface area contributed by atoms with E-state index in [1.165, 1.54) is 0 Å². The highest BCUT2D eigenvalue weighted by Gasteiger charge is 2.19. The zero-order valence-corrected chi connectivity index (χ0v) is 23.0. The highest BCUT2D eigenvalue weighted by Crippen LogP contribution is 2.43. The molecule has 40 heavy (non-hydrogen) atoms. The van der Waals surface area contributed by atoms with Crippen LogP contribution in [0.15, 0.2) is 122 Å². The third kappa shape index (κ3) is 4.88. The standard InChI is InChI=1S/C38H30N2/c1-7-31(25(5)23-39)27-15-19-29(20-16-27)37-33(9-3)34(10-4)38(36-14-12-11-13-35(36)37)30-21-17-28(18-22-30)32(8-2)26(6)24-40/h7-22H,1,3-4,6H2,2,5H3/b31-25-,32-8+. The van der Waals surface area contributed by atoms with Gasteiger partial charge in [0, 0.05) is 5.57 Å². The summed E-state index contributed by atoms with van der Waals surface area (Å²) >= 11 is 0. The first-order valence-corrected chi connectivity index (χ1v) is 13.0. The Labute approximate surface area is 237 Å². The molecule has 0 saturated heterocycles. The molecule has 4 rings (SSSR count). The summed E-state index contributed by atoms with van der Waals surface area (Å²) in [6.45, 7) is 19.9. The number of hydrogen-bond donors (Lipinski definition) is 0. The molecular formula is C38H30N2. The Morgan fingerprint density at radius 2 is 1.18 bits per heavy atom. The first kappa shape index (κ1) is 27.6. The predicted octanol–water partition coefficient (Wildman–Crippen LogP) is 10.4. The Bertz CT molecular complexity index is 1810. The van der Waals surface area contributed by atoms with Gasteiger partial charge >= 0.3 is 0 Å². The van der Waals surface area contributed by atoms with Crippen LogP contribution in [0, 0.1) is 22.7 Å². The Kier molecular flexibility index (Phi) is 8.24. The topological polar surface area (TPSA) is 47.6 Å². The van der Waals surface area contributed by atoms with Crippen molar-refractivity contribution in [3.63, 3.8) is 0 Å². The molecule has 2 heteroatoms. The van der Waals surface area contributed by atoms with E-state index in [0.29, 0.717) is 11.1 Å². The van der Waals surface area contributed by atoms with Crippen LogP contribution in [-0.2, 0) is 0 Å². The monoisotopic (exact) mass is 514 g/mol. The van der Waals surface area contributed by atoms with Gasteiger partial charge in [0.2, 0.25) is 0 Å². The molecule has 0 bridgehead atoms. The van der Waals surface area contributed by atoms with E-state index in [2.05, 4.69) is 74.9 Å². The van der Waals surface area contributed by atoms with Crippen molar-refractivity contribution in [2.75, 3.05) is 0 Å². The molecule has 0 unspecified atom stereocenters. The second-order valence-electron chi connectivity index (χ2n) is 9.33. The van der Waals surface area contributed by atoms with Crippen LogP contribution in [0.2, 0.25) is 0 Å². The quantitative estimate of drug-likeness (QED) is 0.173. The average Bonchev–Trinajstić information content (AvgIpc) is 3.01. The predicted molar refractivity (Wildman–Crippen MR) is 172 cm³/mol. The van der Waals surface area contributed by atoms with Crippen molar-refractivity contribution < 1.29 is 0 Å².